The van der Waals surface area contributed by atoms with Crippen LogP contribution in [0.2, 0.25) is 0 Å². The van der Waals surface area contributed by atoms with Crippen molar-refractivity contribution in [1.29, 1.82) is 0 Å². The Hall–Kier alpha value is -4.03. The SMILES string of the molecule is COc1ccc([C@@H](O)[C@@]2(C(=O)OCc3ccc([N+](=O)[O-])cc3)C(=O)C[C@@H]3[C@@H]([C@@H](C)O)C(=O)N32)c(OC)c1. The zero-order chi connectivity index (χ0) is 27.1. The molecule has 0 unspecified atom stereocenters. The van der Waals surface area contributed by atoms with Gasteiger partial charge in [-0.3, -0.25) is 19.7 Å². The van der Waals surface area contributed by atoms with E-state index in [1.165, 1.54) is 63.6 Å². The minimum absolute atomic E-state index is 0.0536. The first-order valence-electron chi connectivity index (χ1n) is 11.4. The quantitative estimate of drug-likeness (QED) is 0.164. The molecule has 196 valence electrons. The molecule has 2 fully saturated rings. The molecule has 2 heterocycles. The van der Waals surface area contributed by atoms with Gasteiger partial charge in [0.15, 0.2) is 5.78 Å². The maximum absolute atomic E-state index is 13.6. The fraction of sp³-hybridized carbons (Fsp3) is 0.400. The van der Waals surface area contributed by atoms with Crippen molar-refractivity contribution in [2.24, 2.45) is 5.92 Å². The van der Waals surface area contributed by atoms with Crippen molar-refractivity contribution in [3.8, 4) is 11.5 Å². The summed E-state index contributed by atoms with van der Waals surface area (Å²) in [5.41, 5.74) is -2.13. The highest BCUT2D eigenvalue weighted by molar-refractivity contribution is 6.16. The number of aliphatic hydroxyl groups is 2. The maximum Gasteiger partial charge on any atom is 0.343 e. The number of methoxy groups -OCH3 is 2. The first-order chi connectivity index (χ1) is 17.6. The molecular weight excluding hydrogens is 488 g/mol. The third-order valence-corrected chi connectivity index (χ3v) is 6.95. The number of Topliss-reactive ketones (excluding diaryl/α,β-unsaturated/α-hetero) is 1. The van der Waals surface area contributed by atoms with Crippen LogP contribution in [0.25, 0.3) is 0 Å². The van der Waals surface area contributed by atoms with E-state index in [1.807, 2.05) is 0 Å². The summed E-state index contributed by atoms with van der Waals surface area (Å²) in [5, 5.41) is 32.5. The molecule has 12 nitrogen and oxygen atoms in total. The third-order valence-electron chi connectivity index (χ3n) is 6.95. The number of nitro benzene ring substituents is 1. The van der Waals surface area contributed by atoms with Gasteiger partial charge in [0.2, 0.25) is 11.4 Å². The molecule has 4 rings (SSSR count). The first kappa shape index (κ1) is 26.0. The number of carbonyl (C=O) groups is 3. The Kier molecular flexibility index (Phi) is 6.89. The number of amides is 1. The number of non-ortho nitro benzene ring substituents is 1. The lowest BCUT2D eigenvalue weighted by Gasteiger charge is -2.51. The Bertz CT molecular complexity index is 1240. The van der Waals surface area contributed by atoms with Crippen molar-refractivity contribution in [2.45, 2.75) is 43.7 Å². The van der Waals surface area contributed by atoms with Gasteiger partial charge in [-0.2, -0.15) is 0 Å². The summed E-state index contributed by atoms with van der Waals surface area (Å²) in [7, 11) is 2.77. The number of ether oxygens (including phenoxy) is 3. The number of hydrogen-bond acceptors (Lipinski definition) is 10. The zero-order valence-electron chi connectivity index (χ0n) is 20.3. The number of esters is 1. The predicted octanol–water partition coefficient (Wildman–Crippen LogP) is 1.31. The topological polar surface area (TPSA) is 166 Å². The van der Waals surface area contributed by atoms with Gasteiger partial charge in [0.1, 0.15) is 24.2 Å². The van der Waals surface area contributed by atoms with Gasteiger partial charge < -0.3 is 29.3 Å². The van der Waals surface area contributed by atoms with Crippen LogP contribution in [0, 0.1) is 16.0 Å². The van der Waals surface area contributed by atoms with Crippen LogP contribution in [0.3, 0.4) is 0 Å². The number of nitrogens with zero attached hydrogens (tertiary/aromatic N) is 2. The Labute approximate surface area is 211 Å². The molecule has 1 amide bonds. The molecule has 2 saturated heterocycles. The lowest BCUT2D eigenvalue weighted by Crippen LogP contribution is -2.72. The summed E-state index contributed by atoms with van der Waals surface area (Å²) in [6.45, 7) is 1.05. The number of rotatable bonds is 9. The molecule has 2 aromatic rings. The molecule has 37 heavy (non-hydrogen) atoms. The molecule has 2 aliphatic rings. The fourth-order valence-corrected chi connectivity index (χ4v) is 5.08. The minimum Gasteiger partial charge on any atom is -0.497 e. The van der Waals surface area contributed by atoms with Crippen LogP contribution < -0.4 is 9.47 Å². The normalized spacial score (nSPS) is 24.1. The first-order valence-corrected chi connectivity index (χ1v) is 11.4. The van der Waals surface area contributed by atoms with E-state index in [0.29, 0.717) is 11.3 Å². The van der Waals surface area contributed by atoms with E-state index in [0.717, 1.165) is 4.90 Å². The molecule has 0 saturated carbocycles. The summed E-state index contributed by atoms with van der Waals surface area (Å²) >= 11 is 0. The van der Waals surface area contributed by atoms with Crippen LogP contribution in [0.5, 0.6) is 11.5 Å². The number of β-lactam (4-membered cyclic amide) rings is 1. The average Bonchev–Trinajstić information content (AvgIpc) is 3.15. The van der Waals surface area contributed by atoms with Crippen LogP contribution in [0.15, 0.2) is 42.5 Å². The summed E-state index contributed by atoms with van der Waals surface area (Å²) < 4.78 is 16.0. The van der Waals surface area contributed by atoms with Gasteiger partial charge in [0, 0.05) is 30.2 Å². The molecule has 2 aliphatic heterocycles. The molecular formula is C25H26N2O10. The Morgan fingerprint density at radius 1 is 1.16 bits per heavy atom. The molecule has 2 N–H and O–H groups in total. The second-order valence-electron chi connectivity index (χ2n) is 8.95. The standard InChI is InChI=1S/C25H26N2O10/c1-13(28)21-18-11-20(29)25(26(18)23(21)31,22(30)17-9-8-16(35-2)10-19(17)36-3)24(32)37-12-14-4-6-15(7-5-14)27(33)34/h4-10,13,18,21-22,28,30H,11-12H2,1-3H3/t13-,18-,21-,22-,25-/m1/s1. The van der Waals surface area contributed by atoms with Gasteiger partial charge in [0.05, 0.1) is 37.2 Å². The summed E-state index contributed by atoms with van der Waals surface area (Å²) in [4.78, 5) is 51.6. The van der Waals surface area contributed by atoms with Gasteiger partial charge in [0.25, 0.3) is 5.69 Å². The monoisotopic (exact) mass is 514 g/mol. The van der Waals surface area contributed by atoms with Crippen LogP contribution in [0.1, 0.15) is 30.6 Å². The molecule has 0 aliphatic carbocycles. The number of benzene rings is 2. The predicted molar refractivity (Wildman–Crippen MR) is 126 cm³/mol. The van der Waals surface area contributed by atoms with Crippen molar-refractivity contribution in [3.05, 3.63) is 63.7 Å². The molecule has 5 atom stereocenters. The highest BCUT2D eigenvalue weighted by Crippen LogP contribution is 2.52. The summed E-state index contributed by atoms with van der Waals surface area (Å²) in [5.74, 6) is -2.96. The number of carbonyl (C=O) groups excluding carboxylic acids is 3. The van der Waals surface area contributed by atoms with E-state index < -0.39 is 52.3 Å². The lowest BCUT2D eigenvalue weighted by atomic mass is 9.80. The Morgan fingerprint density at radius 3 is 2.41 bits per heavy atom. The Balaban J connectivity index is 1.73. The third kappa shape index (κ3) is 4.07. The van der Waals surface area contributed by atoms with Crippen LogP contribution >= 0.6 is 0 Å². The van der Waals surface area contributed by atoms with Crippen molar-refractivity contribution in [2.75, 3.05) is 14.2 Å². The smallest absolute Gasteiger partial charge is 0.343 e. The van der Waals surface area contributed by atoms with Crippen molar-refractivity contribution < 1.29 is 43.7 Å². The van der Waals surface area contributed by atoms with Crippen molar-refractivity contribution >= 4 is 23.3 Å². The lowest BCUT2D eigenvalue weighted by molar-refractivity contribution is -0.384. The summed E-state index contributed by atoms with van der Waals surface area (Å²) in [6.07, 6.45) is -3.20. The molecule has 0 bridgehead atoms. The largest absolute Gasteiger partial charge is 0.497 e. The van der Waals surface area contributed by atoms with E-state index >= 15 is 0 Å². The van der Waals surface area contributed by atoms with E-state index in [2.05, 4.69) is 0 Å². The molecule has 0 aromatic heterocycles. The molecule has 12 heteroatoms. The zero-order valence-corrected chi connectivity index (χ0v) is 20.3. The van der Waals surface area contributed by atoms with Crippen molar-refractivity contribution in [1.82, 2.24) is 4.90 Å². The second kappa shape index (κ2) is 9.79. The maximum atomic E-state index is 13.6. The number of nitro groups is 1. The van der Waals surface area contributed by atoms with Gasteiger partial charge in [-0.1, -0.05) is 0 Å². The van der Waals surface area contributed by atoms with E-state index in [1.54, 1.807) is 0 Å². The highest BCUT2D eigenvalue weighted by Gasteiger charge is 2.73. The number of fused-ring (bicyclic) bond motifs is 1. The number of hydrogen-bond donors (Lipinski definition) is 2. The Morgan fingerprint density at radius 2 is 1.84 bits per heavy atom. The number of aliphatic hydroxyl groups excluding tert-OH is 2. The van der Waals surface area contributed by atoms with Gasteiger partial charge in [-0.25, -0.2) is 4.79 Å². The van der Waals surface area contributed by atoms with Gasteiger partial charge in [-0.15, -0.1) is 0 Å². The molecule has 0 spiro atoms. The highest BCUT2D eigenvalue weighted by atomic mass is 16.6. The van der Waals surface area contributed by atoms with Crippen molar-refractivity contribution in [3.63, 3.8) is 0 Å². The van der Waals surface area contributed by atoms with E-state index in [9.17, 15) is 34.7 Å². The average molecular weight is 514 g/mol. The van der Waals surface area contributed by atoms with Crippen LogP contribution in [0.4, 0.5) is 5.69 Å². The van der Waals surface area contributed by atoms with Crippen LogP contribution in [-0.2, 0) is 25.7 Å². The molecule has 0 radical (unpaired) electrons. The van der Waals surface area contributed by atoms with E-state index in [-0.39, 0.29) is 30.0 Å². The van der Waals surface area contributed by atoms with Gasteiger partial charge >= 0.3 is 5.97 Å². The number of ketones is 1. The minimum atomic E-state index is -2.42. The molecule has 2 aromatic carbocycles. The van der Waals surface area contributed by atoms with Crippen LogP contribution in [-0.4, -0.2) is 69.6 Å². The van der Waals surface area contributed by atoms with E-state index in [4.69, 9.17) is 14.2 Å². The van der Waals surface area contributed by atoms with Gasteiger partial charge in [-0.05, 0) is 36.8 Å². The fourth-order valence-electron chi connectivity index (χ4n) is 5.08. The second-order valence-corrected chi connectivity index (χ2v) is 8.95. The summed E-state index contributed by atoms with van der Waals surface area (Å²) in [6, 6.07) is 8.83.